The minimum absolute atomic E-state index is 0.182. The van der Waals surface area contributed by atoms with Crippen molar-refractivity contribution >= 4 is 27.5 Å². The molecule has 8 heteroatoms. The first-order chi connectivity index (χ1) is 12.5. The van der Waals surface area contributed by atoms with E-state index in [0.29, 0.717) is 24.5 Å². The molecule has 0 bridgehead atoms. The molecule has 0 aliphatic carbocycles. The molecule has 2 aromatic heterocycles. The minimum atomic E-state index is -0.182. The number of hydrogen-bond acceptors (Lipinski definition) is 4. The predicted molar refractivity (Wildman–Crippen MR) is 102 cm³/mol. The minimum Gasteiger partial charge on any atom is -0.362 e. The summed E-state index contributed by atoms with van der Waals surface area (Å²) in [5.41, 5.74) is 4.22. The molecule has 0 atom stereocenters. The van der Waals surface area contributed by atoms with Crippen molar-refractivity contribution in [1.82, 2.24) is 19.6 Å². The Kier molecular flexibility index (Phi) is 5.53. The Balaban J connectivity index is 1.73. The number of carbonyl (C=O) groups excluding carboxylic acids is 1. The van der Waals surface area contributed by atoms with Crippen LogP contribution in [0.2, 0.25) is 0 Å². The third-order valence-electron chi connectivity index (χ3n) is 3.97. The molecule has 2 heterocycles. The van der Waals surface area contributed by atoms with Crippen LogP contribution in [-0.2, 0) is 18.0 Å². The van der Waals surface area contributed by atoms with Crippen LogP contribution in [0.5, 0.6) is 0 Å². The van der Waals surface area contributed by atoms with E-state index < -0.39 is 0 Å². The second kappa shape index (κ2) is 7.84. The zero-order chi connectivity index (χ0) is 18.7. The largest absolute Gasteiger partial charge is 0.362 e. The highest BCUT2D eigenvalue weighted by molar-refractivity contribution is 9.10. The van der Waals surface area contributed by atoms with E-state index in [4.69, 9.17) is 4.74 Å². The molecule has 0 saturated carbocycles. The van der Waals surface area contributed by atoms with E-state index in [1.165, 1.54) is 0 Å². The Morgan fingerprint density at radius 3 is 2.85 bits per heavy atom. The van der Waals surface area contributed by atoms with Gasteiger partial charge in [-0.2, -0.15) is 10.2 Å². The molecular weight excluding hydrogens is 398 g/mol. The van der Waals surface area contributed by atoms with Gasteiger partial charge in [-0.25, -0.2) is 4.68 Å². The van der Waals surface area contributed by atoms with E-state index in [-0.39, 0.29) is 5.91 Å². The van der Waals surface area contributed by atoms with Gasteiger partial charge in [-0.3, -0.25) is 9.48 Å². The fourth-order valence-corrected chi connectivity index (χ4v) is 2.93. The van der Waals surface area contributed by atoms with Gasteiger partial charge in [0.15, 0.2) is 0 Å². The van der Waals surface area contributed by atoms with Crippen molar-refractivity contribution in [2.24, 2.45) is 0 Å². The molecule has 1 aromatic carbocycles. The number of aromatic nitrogens is 4. The number of carbonyl (C=O) groups is 1. The summed E-state index contributed by atoms with van der Waals surface area (Å²) in [6.07, 6.45) is 3.31. The van der Waals surface area contributed by atoms with Crippen molar-refractivity contribution in [3.05, 3.63) is 63.6 Å². The predicted octanol–water partition coefficient (Wildman–Crippen LogP) is 3.36. The molecule has 3 rings (SSSR count). The Morgan fingerprint density at radius 1 is 1.35 bits per heavy atom. The van der Waals surface area contributed by atoms with Crippen molar-refractivity contribution in [3.63, 3.8) is 0 Å². The molecule has 1 N–H and O–H groups in total. The highest BCUT2D eigenvalue weighted by atomic mass is 79.9. The molecule has 7 nitrogen and oxygen atoms in total. The normalized spacial score (nSPS) is 10.9. The number of methoxy groups -OCH3 is 1. The summed E-state index contributed by atoms with van der Waals surface area (Å²) in [5.74, 6) is -0.182. The number of nitrogens with one attached hydrogen (secondary N) is 1. The molecule has 0 radical (unpaired) electrons. The zero-order valence-corrected chi connectivity index (χ0v) is 16.4. The van der Waals surface area contributed by atoms with Gasteiger partial charge in [-0.15, -0.1) is 0 Å². The number of nitrogens with zero attached hydrogens (tertiary/aromatic N) is 4. The summed E-state index contributed by atoms with van der Waals surface area (Å²) >= 11 is 3.54. The van der Waals surface area contributed by atoms with Gasteiger partial charge in [0, 0.05) is 12.7 Å². The maximum absolute atomic E-state index is 12.5. The van der Waals surface area contributed by atoms with E-state index in [1.54, 1.807) is 30.3 Å². The highest BCUT2D eigenvalue weighted by Gasteiger charge is 2.11. The van der Waals surface area contributed by atoms with E-state index in [0.717, 1.165) is 21.4 Å². The van der Waals surface area contributed by atoms with Crippen molar-refractivity contribution in [2.45, 2.75) is 27.1 Å². The number of hydrogen-bond donors (Lipinski definition) is 1. The van der Waals surface area contributed by atoms with E-state index in [2.05, 4.69) is 31.4 Å². The first kappa shape index (κ1) is 18.3. The van der Waals surface area contributed by atoms with Gasteiger partial charge in [0.2, 0.25) is 0 Å². The van der Waals surface area contributed by atoms with Crippen LogP contribution in [0.3, 0.4) is 0 Å². The van der Waals surface area contributed by atoms with Gasteiger partial charge in [0.25, 0.3) is 5.91 Å². The van der Waals surface area contributed by atoms with Crippen molar-refractivity contribution < 1.29 is 9.53 Å². The van der Waals surface area contributed by atoms with E-state index in [9.17, 15) is 4.79 Å². The maximum Gasteiger partial charge on any atom is 0.255 e. The number of aryl methyl sites for hydroxylation is 1. The Hall–Kier alpha value is -2.45. The van der Waals surface area contributed by atoms with Gasteiger partial charge in [0.05, 0.1) is 40.5 Å². The summed E-state index contributed by atoms with van der Waals surface area (Å²) in [6.45, 7) is 4.91. The van der Waals surface area contributed by atoms with Crippen LogP contribution in [-0.4, -0.2) is 32.6 Å². The lowest BCUT2D eigenvalue weighted by Gasteiger charge is -2.07. The maximum atomic E-state index is 12.5. The van der Waals surface area contributed by atoms with Crippen LogP contribution in [0.1, 0.15) is 27.3 Å². The zero-order valence-electron chi connectivity index (χ0n) is 14.9. The van der Waals surface area contributed by atoms with Gasteiger partial charge in [-0.05, 0) is 47.5 Å². The lowest BCUT2D eigenvalue weighted by molar-refractivity contribution is 0.102. The topological polar surface area (TPSA) is 74.0 Å². The quantitative estimate of drug-likeness (QED) is 0.666. The highest BCUT2D eigenvalue weighted by Crippen LogP contribution is 2.21. The number of benzene rings is 1. The third-order valence-corrected chi connectivity index (χ3v) is 5.11. The van der Waals surface area contributed by atoms with Crippen molar-refractivity contribution in [2.75, 3.05) is 12.4 Å². The van der Waals surface area contributed by atoms with Crippen LogP contribution in [0.25, 0.3) is 0 Å². The lowest BCUT2D eigenvalue weighted by atomic mass is 10.1. The first-order valence-electron chi connectivity index (χ1n) is 8.09. The fourth-order valence-electron chi connectivity index (χ4n) is 2.65. The van der Waals surface area contributed by atoms with E-state index >= 15 is 0 Å². The first-order valence-corrected chi connectivity index (χ1v) is 8.88. The van der Waals surface area contributed by atoms with Crippen molar-refractivity contribution in [1.29, 1.82) is 0 Å². The van der Waals surface area contributed by atoms with Crippen molar-refractivity contribution in [3.8, 4) is 0 Å². The fraction of sp³-hybridized carbons (Fsp3) is 0.278. The summed E-state index contributed by atoms with van der Waals surface area (Å²) < 4.78 is 9.54. The SMILES string of the molecule is COCn1cc(NC(=O)c2cccc(Cn3nc(C)c(Br)c3C)c2)cn1. The lowest BCUT2D eigenvalue weighted by Crippen LogP contribution is -2.12. The molecule has 0 spiro atoms. The van der Waals surface area contributed by atoms with Crippen LogP contribution in [0, 0.1) is 13.8 Å². The summed E-state index contributed by atoms with van der Waals surface area (Å²) in [4.78, 5) is 12.5. The Labute approximate surface area is 160 Å². The molecule has 0 saturated heterocycles. The standard InChI is InChI=1S/C18H20BrN5O2/c1-12-17(19)13(2)24(22-12)9-14-5-4-6-15(7-14)18(25)21-16-8-20-23(10-16)11-26-3/h4-8,10H,9,11H2,1-3H3,(H,21,25). The summed E-state index contributed by atoms with van der Waals surface area (Å²) in [5, 5.41) is 11.5. The molecule has 3 aromatic rings. The molecule has 0 unspecified atom stereocenters. The second-order valence-electron chi connectivity index (χ2n) is 5.98. The molecule has 26 heavy (non-hydrogen) atoms. The molecule has 0 aliphatic heterocycles. The Morgan fingerprint density at radius 2 is 2.15 bits per heavy atom. The van der Waals surface area contributed by atoms with Gasteiger partial charge < -0.3 is 10.1 Å². The van der Waals surface area contributed by atoms with Crippen LogP contribution >= 0.6 is 15.9 Å². The molecule has 1 amide bonds. The number of halogens is 1. The smallest absolute Gasteiger partial charge is 0.255 e. The summed E-state index contributed by atoms with van der Waals surface area (Å²) in [6, 6.07) is 7.52. The van der Waals surface area contributed by atoms with Gasteiger partial charge in [-0.1, -0.05) is 12.1 Å². The summed E-state index contributed by atoms with van der Waals surface area (Å²) in [7, 11) is 1.59. The monoisotopic (exact) mass is 417 g/mol. The van der Waals surface area contributed by atoms with E-state index in [1.807, 2.05) is 36.7 Å². The second-order valence-corrected chi connectivity index (χ2v) is 6.78. The van der Waals surface area contributed by atoms with Crippen LogP contribution in [0.15, 0.2) is 41.1 Å². The van der Waals surface area contributed by atoms with Crippen LogP contribution < -0.4 is 5.32 Å². The molecule has 0 fully saturated rings. The van der Waals surface area contributed by atoms with Crippen LogP contribution in [0.4, 0.5) is 5.69 Å². The van der Waals surface area contributed by atoms with Gasteiger partial charge in [0.1, 0.15) is 6.73 Å². The molecule has 136 valence electrons. The number of ether oxygens (including phenoxy) is 1. The van der Waals surface area contributed by atoms with Gasteiger partial charge >= 0.3 is 0 Å². The third kappa shape index (κ3) is 4.03. The number of amides is 1. The average Bonchev–Trinajstić information content (AvgIpc) is 3.16. The molecular formula is C18H20BrN5O2. The number of anilines is 1. The molecule has 0 aliphatic rings. The Bertz CT molecular complexity index is 932. The average molecular weight is 418 g/mol. The number of rotatable bonds is 6.